The predicted molar refractivity (Wildman–Crippen MR) is 154 cm³/mol. The van der Waals surface area contributed by atoms with Crippen molar-refractivity contribution in [2.75, 3.05) is 24.0 Å². The molecule has 12 heteroatoms. The van der Waals surface area contributed by atoms with E-state index in [2.05, 4.69) is 0 Å². The van der Waals surface area contributed by atoms with Crippen LogP contribution in [0, 0.1) is 20.2 Å². The fourth-order valence-electron chi connectivity index (χ4n) is 3.90. The molecule has 0 unspecified atom stereocenters. The minimum atomic E-state index is -1.76. The maximum absolute atomic E-state index is 14.2. The van der Waals surface area contributed by atoms with Gasteiger partial charge in [-0.1, -0.05) is 12.1 Å². The second kappa shape index (κ2) is 11.4. The van der Waals surface area contributed by atoms with Crippen molar-refractivity contribution in [2.24, 2.45) is 0 Å². The van der Waals surface area contributed by atoms with Gasteiger partial charge in [-0.2, -0.15) is 0 Å². The molecule has 0 aliphatic carbocycles. The van der Waals surface area contributed by atoms with Gasteiger partial charge in [-0.3, -0.25) is 20.2 Å². The summed E-state index contributed by atoms with van der Waals surface area (Å²) in [7, 11) is 0. The highest BCUT2D eigenvalue weighted by Gasteiger charge is 2.27. The summed E-state index contributed by atoms with van der Waals surface area (Å²) in [5.74, 6) is 0. The summed E-state index contributed by atoms with van der Waals surface area (Å²) in [5, 5.41) is 23.1. The van der Waals surface area contributed by atoms with E-state index >= 15 is 0 Å². The van der Waals surface area contributed by atoms with Crippen LogP contribution in [0.25, 0.3) is 22.3 Å². The molecule has 0 fully saturated rings. The van der Waals surface area contributed by atoms with Crippen LogP contribution in [0.15, 0.2) is 92.4 Å². The Morgan fingerprint density at radius 2 is 1.05 bits per heavy atom. The van der Waals surface area contributed by atoms with Gasteiger partial charge < -0.3 is 16.0 Å². The Morgan fingerprint density at radius 1 is 0.658 bits per heavy atom. The number of nitrogen functional groups attached to an aromatic ring is 2. The van der Waals surface area contributed by atoms with Gasteiger partial charge in [-0.15, -0.1) is 23.5 Å². The largest absolute Gasteiger partial charge is 0.606 e. The van der Waals surface area contributed by atoms with E-state index < -0.39 is 21.0 Å². The van der Waals surface area contributed by atoms with Crippen molar-refractivity contribution < 1.29 is 14.4 Å². The van der Waals surface area contributed by atoms with Crippen LogP contribution in [0.5, 0.6) is 0 Å². The Morgan fingerprint density at radius 3 is 1.39 bits per heavy atom. The third-order valence-electron chi connectivity index (χ3n) is 5.85. The number of nitrogens with zero attached hydrogens (tertiary/aromatic N) is 2. The first-order valence-corrected chi connectivity index (χ1v) is 14.6. The number of rotatable bonds is 8. The fourth-order valence-corrected chi connectivity index (χ4v) is 6.16. The highest BCUT2D eigenvalue weighted by molar-refractivity contribution is 7.98. The van der Waals surface area contributed by atoms with E-state index in [0.29, 0.717) is 32.0 Å². The normalized spacial score (nSPS) is 11.1. The maximum Gasteiger partial charge on any atom is 0.292 e. The van der Waals surface area contributed by atoms with E-state index in [0.717, 1.165) is 9.79 Å². The average molecular weight is 567 g/mol. The number of nitro groups is 2. The molecule has 0 radical (unpaired) electrons. The average Bonchev–Trinajstić information content (AvgIpc) is 2.92. The highest BCUT2D eigenvalue weighted by atomic mass is 32.2. The van der Waals surface area contributed by atoms with Gasteiger partial charge in [0.1, 0.15) is 11.4 Å². The lowest BCUT2D eigenvalue weighted by atomic mass is 10.0. The third-order valence-corrected chi connectivity index (χ3v) is 8.81. The van der Waals surface area contributed by atoms with E-state index in [4.69, 9.17) is 11.5 Å². The molecule has 0 amide bonds. The summed E-state index contributed by atoms with van der Waals surface area (Å²) in [6.45, 7) is 0. The van der Waals surface area contributed by atoms with E-state index in [1.54, 1.807) is 24.3 Å². The SMILES string of the molecule is CSc1ccc([S+]([O-])c2ccc(SC)cc2-c2ccc(N)c([N+](=O)[O-])c2)c(-c2ccc(N)c([N+](=O)[O-])c2)c1. The highest BCUT2D eigenvalue weighted by Crippen LogP contribution is 2.41. The zero-order chi connectivity index (χ0) is 27.6. The summed E-state index contributed by atoms with van der Waals surface area (Å²) >= 11 is 1.21. The standard InChI is InChI=1S/C26H22N4O5S3/c1-36-17-5-9-25(19(13-17)15-3-7-21(27)23(11-15)29(31)32)38(35)26-10-6-18(37-2)14-20(26)16-4-8-22(28)24(12-16)30(33)34/h3-14H,27-28H2,1-2H3. The monoisotopic (exact) mass is 566 g/mol. The number of nitrogens with two attached hydrogens (primary N) is 2. The molecule has 194 valence electrons. The molecule has 4 N–H and O–H groups in total. The molecule has 9 nitrogen and oxygen atoms in total. The first kappa shape index (κ1) is 27.3. The van der Waals surface area contributed by atoms with E-state index in [-0.39, 0.29) is 22.7 Å². The Bertz CT molecular complexity index is 1450. The number of thioether (sulfide) groups is 2. The molecule has 0 spiro atoms. The number of hydrogen-bond donors (Lipinski definition) is 2. The number of nitro benzene ring substituents is 2. The van der Waals surface area contributed by atoms with E-state index in [9.17, 15) is 24.8 Å². The molecule has 4 rings (SSSR count). The smallest absolute Gasteiger partial charge is 0.292 e. The Balaban J connectivity index is 1.93. The van der Waals surface area contributed by atoms with Gasteiger partial charge in [0, 0.05) is 44.2 Å². The molecular weight excluding hydrogens is 545 g/mol. The van der Waals surface area contributed by atoms with Gasteiger partial charge in [0.25, 0.3) is 11.4 Å². The molecule has 0 aromatic heterocycles. The first-order chi connectivity index (χ1) is 18.1. The van der Waals surface area contributed by atoms with Crippen LogP contribution in [-0.4, -0.2) is 26.9 Å². The number of benzene rings is 4. The summed E-state index contributed by atoms with van der Waals surface area (Å²) in [6.07, 6.45) is 3.79. The lowest BCUT2D eigenvalue weighted by Gasteiger charge is -2.18. The van der Waals surface area contributed by atoms with Crippen molar-refractivity contribution in [3.05, 3.63) is 93.0 Å². The van der Waals surface area contributed by atoms with Crippen LogP contribution in [0.1, 0.15) is 0 Å². The van der Waals surface area contributed by atoms with Crippen molar-refractivity contribution in [2.45, 2.75) is 19.6 Å². The molecule has 4 aromatic carbocycles. The predicted octanol–water partition coefficient (Wildman–Crippen LogP) is 6.61. The molecule has 0 bridgehead atoms. The Hall–Kier alpha value is -3.71. The molecule has 0 saturated heterocycles. The maximum atomic E-state index is 14.2. The zero-order valence-corrected chi connectivity index (χ0v) is 22.7. The summed E-state index contributed by atoms with van der Waals surface area (Å²) in [4.78, 5) is 24.6. The van der Waals surface area contributed by atoms with Crippen LogP contribution in [-0.2, 0) is 11.2 Å². The molecule has 0 aliphatic rings. The Kier molecular flexibility index (Phi) is 8.17. The van der Waals surface area contributed by atoms with Gasteiger partial charge in [-0.05, 0) is 72.2 Å². The zero-order valence-electron chi connectivity index (χ0n) is 20.2. The van der Waals surface area contributed by atoms with E-state index in [1.807, 2.05) is 36.8 Å². The molecule has 4 aromatic rings. The second-order valence-electron chi connectivity index (χ2n) is 8.05. The molecule has 0 atom stereocenters. The van der Waals surface area contributed by atoms with Gasteiger partial charge in [-0.25, -0.2) is 0 Å². The molecular formula is C26H22N4O5S3. The minimum Gasteiger partial charge on any atom is -0.606 e. The molecule has 38 heavy (non-hydrogen) atoms. The lowest BCUT2D eigenvalue weighted by Crippen LogP contribution is -2.07. The van der Waals surface area contributed by atoms with Gasteiger partial charge in [0.05, 0.1) is 9.85 Å². The quantitative estimate of drug-likeness (QED) is 0.0785. The summed E-state index contributed by atoms with van der Waals surface area (Å²) < 4.78 is 14.2. The van der Waals surface area contributed by atoms with Gasteiger partial charge in [0.15, 0.2) is 9.79 Å². The first-order valence-electron chi connectivity index (χ1n) is 11.0. The van der Waals surface area contributed by atoms with Crippen LogP contribution in [0.3, 0.4) is 0 Å². The minimum absolute atomic E-state index is 0.0299. The van der Waals surface area contributed by atoms with Crippen LogP contribution >= 0.6 is 23.5 Å². The molecule has 0 saturated carbocycles. The molecule has 0 aliphatic heterocycles. The second-order valence-corrected chi connectivity index (χ2v) is 11.2. The van der Waals surface area contributed by atoms with Crippen molar-refractivity contribution in [1.82, 2.24) is 0 Å². The van der Waals surface area contributed by atoms with Gasteiger partial charge in [0.2, 0.25) is 0 Å². The Labute approximate surface area is 230 Å². The number of hydrogen-bond acceptors (Lipinski definition) is 9. The van der Waals surface area contributed by atoms with Crippen molar-refractivity contribution >= 4 is 57.4 Å². The van der Waals surface area contributed by atoms with Crippen LogP contribution in [0.4, 0.5) is 22.7 Å². The van der Waals surface area contributed by atoms with Crippen LogP contribution < -0.4 is 11.5 Å². The van der Waals surface area contributed by atoms with Crippen molar-refractivity contribution in [3.63, 3.8) is 0 Å². The van der Waals surface area contributed by atoms with Gasteiger partial charge >= 0.3 is 0 Å². The fraction of sp³-hybridized carbons (Fsp3) is 0.0769. The lowest BCUT2D eigenvalue weighted by molar-refractivity contribution is -0.384. The van der Waals surface area contributed by atoms with Crippen molar-refractivity contribution in [3.8, 4) is 22.3 Å². The summed E-state index contributed by atoms with van der Waals surface area (Å²) in [5.41, 5.74) is 13.3. The number of anilines is 2. The van der Waals surface area contributed by atoms with E-state index in [1.165, 1.54) is 47.8 Å². The van der Waals surface area contributed by atoms with Crippen LogP contribution in [0.2, 0.25) is 0 Å². The summed E-state index contributed by atoms with van der Waals surface area (Å²) in [6, 6.07) is 19.8. The molecule has 0 heterocycles. The van der Waals surface area contributed by atoms with Crippen molar-refractivity contribution in [1.29, 1.82) is 0 Å². The topological polar surface area (TPSA) is 161 Å². The third kappa shape index (κ3) is 5.43.